The monoisotopic (exact) mass is 248 g/mol. The van der Waals surface area contributed by atoms with Crippen molar-refractivity contribution in [3.63, 3.8) is 0 Å². The molecule has 2 heterocycles. The highest BCUT2D eigenvalue weighted by Crippen LogP contribution is 2.33. The zero-order valence-corrected chi connectivity index (χ0v) is 11.5. The molecule has 2 aromatic heterocycles. The minimum Gasteiger partial charge on any atom is -0.466 e. The molecule has 0 unspecified atom stereocenters. The minimum atomic E-state index is 0.725. The first-order valence-corrected chi connectivity index (χ1v) is 6.35. The Morgan fingerprint density at radius 3 is 2.61 bits per heavy atom. The summed E-state index contributed by atoms with van der Waals surface area (Å²) in [6.45, 7) is 9.83. The van der Waals surface area contributed by atoms with E-state index in [0.29, 0.717) is 0 Å². The van der Waals surface area contributed by atoms with E-state index in [-0.39, 0.29) is 0 Å². The van der Waals surface area contributed by atoms with E-state index in [1.54, 1.807) is 0 Å². The van der Waals surface area contributed by atoms with Crippen LogP contribution in [0, 0.1) is 20.8 Å². The van der Waals surface area contributed by atoms with Gasteiger partial charge in [0.25, 0.3) is 0 Å². The molecule has 2 aromatic rings. The largest absolute Gasteiger partial charge is 0.466 e. The van der Waals surface area contributed by atoms with Crippen LogP contribution in [-0.4, -0.2) is 11.5 Å². The number of nitrogens with one attached hydrogen (secondary N) is 1. The highest BCUT2D eigenvalue weighted by molar-refractivity contribution is 5.67. The van der Waals surface area contributed by atoms with Gasteiger partial charge in [-0.3, -0.25) is 0 Å². The number of oxazole rings is 1. The Labute approximate surface area is 107 Å². The van der Waals surface area contributed by atoms with Gasteiger partial charge in [-0.05, 0) is 33.7 Å². The first-order chi connectivity index (χ1) is 8.65. The van der Waals surface area contributed by atoms with Crippen molar-refractivity contribution in [1.29, 1.82) is 0 Å². The van der Waals surface area contributed by atoms with E-state index in [1.165, 1.54) is 6.39 Å². The summed E-state index contributed by atoms with van der Waals surface area (Å²) in [5.41, 5.74) is 3.11. The summed E-state index contributed by atoms with van der Waals surface area (Å²) in [6, 6.07) is 0. The fraction of sp³-hybridized carbons (Fsp3) is 0.500. The predicted molar refractivity (Wildman–Crippen MR) is 70.4 cm³/mol. The minimum absolute atomic E-state index is 0.725. The molecule has 0 aliphatic rings. The van der Waals surface area contributed by atoms with Gasteiger partial charge in [-0.1, -0.05) is 6.92 Å². The number of rotatable bonds is 5. The van der Waals surface area contributed by atoms with Crippen LogP contribution in [0.15, 0.2) is 15.2 Å². The van der Waals surface area contributed by atoms with Crippen LogP contribution in [0.2, 0.25) is 0 Å². The fourth-order valence-electron chi connectivity index (χ4n) is 2.11. The third kappa shape index (κ3) is 2.34. The van der Waals surface area contributed by atoms with E-state index >= 15 is 0 Å². The summed E-state index contributed by atoms with van der Waals surface area (Å²) < 4.78 is 11.2. The van der Waals surface area contributed by atoms with Crippen LogP contribution in [0.25, 0.3) is 11.3 Å². The number of hydrogen-bond donors (Lipinski definition) is 1. The van der Waals surface area contributed by atoms with Gasteiger partial charge in [0.05, 0.1) is 5.56 Å². The molecule has 0 amide bonds. The van der Waals surface area contributed by atoms with Crippen LogP contribution in [0.1, 0.15) is 36.1 Å². The van der Waals surface area contributed by atoms with Crippen molar-refractivity contribution in [1.82, 2.24) is 10.3 Å². The topological polar surface area (TPSA) is 51.2 Å². The normalized spacial score (nSPS) is 11.1. The van der Waals surface area contributed by atoms with Crippen molar-refractivity contribution in [2.24, 2.45) is 0 Å². The quantitative estimate of drug-likeness (QED) is 0.824. The number of furan rings is 1. The third-order valence-electron chi connectivity index (χ3n) is 3.15. The maximum Gasteiger partial charge on any atom is 0.181 e. The molecule has 98 valence electrons. The van der Waals surface area contributed by atoms with Crippen LogP contribution in [0.5, 0.6) is 0 Å². The second-order valence-electron chi connectivity index (χ2n) is 4.52. The SMILES string of the molecule is CCCNCc1ncoc1-c1c(C)oc(C)c1C. The zero-order chi connectivity index (χ0) is 13.1. The van der Waals surface area contributed by atoms with Crippen LogP contribution < -0.4 is 5.32 Å². The Kier molecular flexibility index (Phi) is 3.87. The molecule has 4 heteroatoms. The molecule has 0 atom stereocenters. The van der Waals surface area contributed by atoms with Crippen molar-refractivity contribution < 1.29 is 8.83 Å². The summed E-state index contributed by atoms with van der Waals surface area (Å²) in [7, 11) is 0. The summed E-state index contributed by atoms with van der Waals surface area (Å²) >= 11 is 0. The van der Waals surface area contributed by atoms with Gasteiger partial charge in [-0.2, -0.15) is 0 Å². The van der Waals surface area contributed by atoms with Gasteiger partial charge >= 0.3 is 0 Å². The predicted octanol–water partition coefficient (Wildman–Crippen LogP) is 3.36. The van der Waals surface area contributed by atoms with Gasteiger partial charge in [-0.25, -0.2) is 4.98 Å². The number of nitrogens with zero attached hydrogens (tertiary/aromatic N) is 1. The molecule has 0 fully saturated rings. The van der Waals surface area contributed by atoms with Gasteiger partial charge in [0.2, 0.25) is 0 Å². The lowest BCUT2D eigenvalue weighted by molar-refractivity contribution is 0.501. The third-order valence-corrected chi connectivity index (χ3v) is 3.15. The molecule has 0 aliphatic heterocycles. The average molecular weight is 248 g/mol. The smallest absolute Gasteiger partial charge is 0.181 e. The molecule has 0 aliphatic carbocycles. The Balaban J connectivity index is 2.30. The maximum atomic E-state index is 5.64. The Morgan fingerprint density at radius 2 is 2.00 bits per heavy atom. The Hall–Kier alpha value is -1.55. The first-order valence-electron chi connectivity index (χ1n) is 6.35. The fourth-order valence-corrected chi connectivity index (χ4v) is 2.11. The molecule has 1 N–H and O–H groups in total. The zero-order valence-electron chi connectivity index (χ0n) is 11.5. The van der Waals surface area contributed by atoms with Crippen molar-refractivity contribution in [2.45, 2.75) is 40.7 Å². The lowest BCUT2D eigenvalue weighted by atomic mass is 10.1. The average Bonchev–Trinajstić information content (AvgIpc) is 2.86. The maximum absolute atomic E-state index is 5.64. The summed E-state index contributed by atoms with van der Waals surface area (Å²) in [4.78, 5) is 4.29. The molecule has 2 rings (SSSR count). The van der Waals surface area contributed by atoms with E-state index in [2.05, 4.69) is 17.2 Å². The number of aromatic nitrogens is 1. The highest BCUT2D eigenvalue weighted by Gasteiger charge is 2.19. The molecule has 0 saturated heterocycles. The molecule has 18 heavy (non-hydrogen) atoms. The molecule has 0 bridgehead atoms. The van der Waals surface area contributed by atoms with Crippen LogP contribution >= 0.6 is 0 Å². The number of hydrogen-bond acceptors (Lipinski definition) is 4. The number of aryl methyl sites for hydroxylation is 2. The molecule has 0 radical (unpaired) electrons. The van der Waals surface area contributed by atoms with Gasteiger partial charge in [0.15, 0.2) is 12.2 Å². The summed E-state index contributed by atoms with van der Waals surface area (Å²) in [5, 5.41) is 3.34. The van der Waals surface area contributed by atoms with Gasteiger partial charge in [-0.15, -0.1) is 0 Å². The molecule has 0 saturated carbocycles. The van der Waals surface area contributed by atoms with Crippen LogP contribution in [0.4, 0.5) is 0 Å². The summed E-state index contributed by atoms with van der Waals surface area (Å²) in [6.07, 6.45) is 2.61. The second-order valence-corrected chi connectivity index (χ2v) is 4.52. The van der Waals surface area contributed by atoms with Crippen LogP contribution in [-0.2, 0) is 6.54 Å². The van der Waals surface area contributed by atoms with Gasteiger partial charge in [0, 0.05) is 12.1 Å². The molecule has 0 aromatic carbocycles. The van der Waals surface area contributed by atoms with E-state index in [4.69, 9.17) is 8.83 Å². The summed E-state index contributed by atoms with van der Waals surface area (Å²) in [5.74, 6) is 2.65. The van der Waals surface area contributed by atoms with Crippen molar-refractivity contribution >= 4 is 0 Å². The Morgan fingerprint density at radius 1 is 1.22 bits per heavy atom. The molecule has 4 nitrogen and oxygen atoms in total. The molecular weight excluding hydrogens is 228 g/mol. The van der Waals surface area contributed by atoms with Crippen molar-refractivity contribution in [2.75, 3.05) is 6.54 Å². The van der Waals surface area contributed by atoms with Crippen LogP contribution in [0.3, 0.4) is 0 Å². The lowest BCUT2D eigenvalue weighted by Gasteiger charge is -2.03. The van der Waals surface area contributed by atoms with Crippen molar-refractivity contribution in [3.8, 4) is 11.3 Å². The van der Waals surface area contributed by atoms with E-state index in [0.717, 1.165) is 53.6 Å². The lowest BCUT2D eigenvalue weighted by Crippen LogP contribution is -2.14. The van der Waals surface area contributed by atoms with Crippen molar-refractivity contribution in [3.05, 3.63) is 29.2 Å². The van der Waals surface area contributed by atoms with E-state index < -0.39 is 0 Å². The van der Waals surface area contributed by atoms with Gasteiger partial charge in [0.1, 0.15) is 17.2 Å². The van der Waals surface area contributed by atoms with E-state index in [1.807, 2.05) is 20.8 Å². The molecular formula is C14H20N2O2. The first kappa shape index (κ1) is 12.9. The standard InChI is InChI=1S/C14H20N2O2/c1-5-6-15-7-12-14(17-8-16-12)13-9(2)10(3)18-11(13)4/h8,15H,5-7H2,1-4H3. The molecule has 0 spiro atoms. The van der Waals surface area contributed by atoms with Gasteiger partial charge < -0.3 is 14.2 Å². The van der Waals surface area contributed by atoms with E-state index in [9.17, 15) is 0 Å². The Bertz CT molecular complexity index is 526. The highest BCUT2D eigenvalue weighted by atomic mass is 16.4. The second kappa shape index (κ2) is 5.40.